The second kappa shape index (κ2) is 8.75. The molecule has 0 bridgehead atoms. The third kappa shape index (κ3) is 4.74. The molecular formula is C23H26N4O3. The van der Waals surface area contributed by atoms with Crippen LogP contribution < -0.4 is 5.32 Å². The minimum absolute atomic E-state index is 0.212. The number of carbonyl (C=O) groups is 1. The lowest BCUT2D eigenvalue weighted by Crippen LogP contribution is -2.43. The number of hydrogen-bond donors (Lipinski definition) is 2. The van der Waals surface area contributed by atoms with Gasteiger partial charge in [0, 0.05) is 24.3 Å². The van der Waals surface area contributed by atoms with Crippen molar-refractivity contribution in [3.05, 3.63) is 53.9 Å². The van der Waals surface area contributed by atoms with Gasteiger partial charge in [0.2, 0.25) is 5.82 Å². The Kier molecular flexibility index (Phi) is 5.90. The first kappa shape index (κ1) is 20.2. The van der Waals surface area contributed by atoms with E-state index in [1.807, 2.05) is 24.3 Å². The highest BCUT2D eigenvalue weighted by Crippen LogP contribution is 2.28. The molecule has 1 aliphatic rings. The van der Waals surface area contributed by atoms with Crippen molar-refractivity contribution in [1.29, 1.82) is 0 Å². The summed E-state index contributed by atoms with van der Waals surface area (Å²) in [6.07, 6.45) is 4.12. The van der Waals surface area contributed by atoms with E-state index < -0.39 is 5.97 Å². The predicted molar refractivity (Wildman–Crippen MR) is 112 cm³/mol. The summed E-state index contributed by atoms with van der Waals surface area (Å²) in [4.78, 5) is 19.8. The standard InChI is InChI=1S/C23H26N4O3/c1-14(2)9-15-3-5-16(6-4-15)21-26-22(30-27-21)17-7-8-19(24-12-17)13-25-20-10-18(11-20)23(28)29/h3-8,12,14,18,20,25H,9-11,13H2,1-2H3,(H,28,29). The van der Waals surface area contributed by atoms with Gasteiger partial charge >= 0.3 is 5.97 Å². The Labute approximate surface area is 175 Å². The van der Waals surface area contributed by atoms with Gasteiger partial charge in [0.15, 0.2) is 0 Å². The van der Waals surface area contributed by atoms with E-state index in [9.17, 15) is 4.79 Å². The molecule has 0 unspecified atom stereocenters. The predicted octanol–water partition coefficient (Wildman–Crippen LogP) is 3.95. The summed E-state index contributed by atoms with van der Waals surface area (Å²) >= 11 is 0. The number of rotatable bonds is 8. The van der Waals surface area contributed by atoms with Crippen LogP contribution in [-0.2, 0) is 17.8 Å². The number of nitrogens with zero attached hydrogens (tertiary/aromatic N) is 3. The van der Waals surface area contributed by atoms with Crippen molar-refractivity contribution in [2.75, 3.05) is 0 Å². The van der Waals surface area contributed by atoms with Crippen molar-refractivity contribution >= 4 is 5.97 Å². The first-order valence-electron chi connectivity index (χ1n) is 10.3. The molecule has 30 heavy (non-hydrogen) atoms. The van der Waals surface area contributed by atoms with Gasteiger partial charge in [-0.2, -0.15) is 4.98 Å². The molecule has 1 aromatic carbocycles. The van der Waals surface area contributed by atoms with Crippen LogP contribution in [0, 0.1) is 11.8 Å². The number of pyridine rings is 1. The average Bonchev–Trinajstić information content (AvgIpc) is 3.17. The van der Waals surface area contributed by atoms with Crippen molar-refractivity contribution < 1.29 is 14.4 Å². The van der Waals surface area contributed by atoms with Gasteiger partial charge in [0.25, 0.3) is 5.89 Å². The smallest absolute Gasteiger partial charge is 0.306 e. The Bertz CT molecular complexity index is 990. The average molecular weight is 406 g/mol. The van der Waals surface area contributed by atoms with Crippen molar-refractivity contribution in [2.45, 2.75) is 45.7 Å². The van der Waals surface area contributed by atoms with E-state index in [4.69, 9.17) is 9.63 Å². The summed E-state index contributed by atoms with van der Waals surface area (Å²) in [6, 6.07) is 12.3. The van der Waals surface area contributed by atoms with Crippen LogP contribution >= 0.6 is 0 Å². The molecule has 2 N–H and O–H groups in total. The molecule has 2 heterocycles. The quantitative estimate of drug-likeness (QED) is 0.584. The summed E-state index contributed by atoms with van der Waals surface area (Å²) in [7, 11) is 0. The van der Waals surface area contributed by atoms with Crippen LogP contribution in [-0.4, -0.2) is 32.2 Å². The molecule has 4 rings (SSSR count). The Hall–Kier alpha value is -3.06. The zero-order chi connectivity index (χ0) is 21.1. The van der Waals surface area contributed by atoms with Crippen molar-refractivity contribution in [1.82, 2.24) is 20.4 Å². The Morgan fingerprint density at radius 1 is 1.17 bits per heavy atom. The van der Waals surface area contributed by atoms with E-state index in [-0.39, 0.29) is 12.0 Å². The number of carboxylic acids is 1. The Balaban J connectivity index is 1.35. The van der Waals surface area contributed by atoms with Crippen LogP contribution in [0.5, 0.6) is 0 Å². The first-order valence-corrected chi connectivity index (χ1v) is 10.3. The maximum absolute atomic E-state index is 10.9. The van der Waals surface area contributed by atoms with Gasteiger partial charge in [-0.15, -0.1) is 0 Å². The molecule has 0 aliphatic heterocycles. The minimum atomic E-state index is -0.707. The third-order valence-corrected chi connectivity index (χ3v) is 5.41. The van der Waals surface area contributed by atoms with Gasteiger partial charge in [0.05, 0.1) is 17.2 Å². The van der Waals surface area contributed by atoms with Crippen LogP contribution in [0.1, 0.15) is 37.9 Å². The zero-order valence-electron chi connectivity index (χ0n) is 17.2. The molecule has 1 fully saturated rings. The van der Waals surface area contributed by atoms with Crippen molar-refractivity contribution in [3.63, 3.8) is 0 Å². The summed E-state index contributed by atoms with van der Waals surface area (Å²) < 4.78 is 5.43. The summed E-state index contributed by atoms with van der Waals surface area (Å²) in [5, 5.41) is 16.4. The summed E-state index contributed by atoms with van der Waals surface area (Å²) in [5.74, 6) is 0.696. The fourth-order valence-electron chi connectivity index (χ4n) is 3.61. The van der Waals surface area contributed by atoms with E-state index >= 15 is 0 Å². The largest absolute Gasteiger partial charge is 0.481 e. The van der Waals surface area contributed by atoms with Crippen molar-refractivity contribution in [2.24, 2.45) is 11.8 Å². The summed E-state index contributed by atoms with van der Waals surface area (Å²) in [5.41, 5.74) is 3.87. The van der Waals surface area contributed by atoms with Gasteiger partial charge in [-0.1, -0.05) is 43.3 Å². The van der Waals surface area contributed by atoms with Gasteiger partial charge in [-0.25, -0.2) is 0 Å². The maximum Gasteiger partial charge on any atom is 0.306 e. The van der Waals surface area contributed by atoms with Crippen molar-refractivity contribution in [3.8, 4) is 22.8 Å². The van der Waals surface area contributed by atoms with Gasteiger partial charge in [-0.3, -0.25) is 9.78 Å². The molecule has 0 amide bonds. The number of nitrogens with one attached hydrogen (secondary N) is 1. The van der Waals surface area contributed by atoms with E-state index in [1.165, 1.54) is 5.56 Å². The molecule has 0 spiro atoms. The number of aromatic nitrogens is 3. The van der Waals surface area contributed by atoms with Crippen LogP contribution in [0.4, 0.5) is 0 Å². The Morgan fingerprint density at radius 3 is 2.53 bits per heavy atom. The highest BCUT2D eigenvalue weighted by Gasteiger charge is 2.33. The fraction of sp³-hybridized carbons (Fsp3) is 0.391. The highest BCUT2D eigenvalue weighted by molar-refractivity contribution is 5.71. The Morgan fingerprint density at radius 2 is 1.90 bits per heavy atom. The zero-order valence-corrected chi connectivity index (χ0v) is 17.2. The molecule has 156 valence electrons. The normalized spacial score (nSPS) is 18.4. The second-order valence-electron chi connectivity index (χ2n) is 8.34. The molecule has 7 nitrogen and oxygen atoms in total. The molecule has 7 heteroatoms. The maximum atomic E-state index is 10.9. The minimum Gasteiger partial charge on any atom is -0.481 e. The molecule has 0 radical (unpaired) electrons. The molecule has 1 aliphatic carbocycles. The van der Waals surface area contributed by atoms with Gasteiger partial charge < -0.3 is 14.9 Å². The van der Waals surface area contributed by atoms with Crippen LogP contribution in [0.2, 0.25) is 0 Å². The third-order valence-electron chi connectivity index (χ3n) is 5.41. The number of benzene rings is 1. The fourth-order valence-corrected chi connectivity index (χ4v) is 3.61. The molecule has 2 aromatic heterocycles. The SMILES string of the molecule is CC(C)Cc1ccc(-c2noc(-c3ccc(CNC4CC(C(=O)O)C4)nc3)n2)cc1. The first-order chi connectivity index (χ1) is 14.5. The lowest BCUT2D eigenvalue weighted by Gasteiger charge is -2.32. The molecule has 0 saturated heterocycles. The topological polar surface area (TPSA) is 101 Å². The van der Waals surface area contributed by atoms with Gasteiger partial charge in [0.1, 0.15) is 0 Å². The molecule has 3 aromatic rings. The van der Waals surface area contributed by atoms with E-state index in [0.29, 0.717) is 37.0 Å². The number of aliphatic carboxylic acids is 1. The van der Waals surface area contributed by atoms with E-state index in [2.05, 4.69) is 46.4 Å². The van der Waals surface area contributed by atoms with Crippen LogP contribution in [0.15, 0.2) is 47.1 Å². The molecule has 0 atom stereocenters. The van der Waals surface area contributed by atoms with Crippen LogP contribution in [0.25, 0.3) is 22.8 Å². The molecular weight excluding hydrogens is 380 g/mol. The number of hydrogen-bond acceptors (Lipinski definition) is 6. The highest BCUT2D eigenvalue weighted by atomic mass is 16.5. The van der Waals surface area contributed by atoms with Crippen LogP contribution in [0.3, 0.4) is 0 Å². The lowest BCUT2D eigenvalue weighted by molar-refractivity contribution is -0.145. The van der Waals surface area contributed by atoms with Gasteiger partial charge in [-0.05, 0) is 42.9 Å². The molecule has 1 saturated carbocycles. The lowest BCUT2D eigenvalue weighted by atomic mass is 9.80. The second-order valence-corrected chi connectivity index (χ2v) is 8.34. The van der Waals surface area contributed by atoms with E-state index in [1.54, 1.807) is 6.20 Å². The monoisotopic (exact) mass is 406 g/mol. The van der Waals surface area contributed by atoms with E-state index in [0.717, 1.165) is 23.2 Å². The summed E-state index contributed by atoms with van der Waals surface area (Å²) in [6.45, 7) is 5.02. The number of carboxylic acid groups (broad SMARTS) is 1.